The molecule has 0 spiro atoms. The first kappa shape index (κ1) is 13.8. The molecule has 20 heavy (non-hydrogen) atoms. The Bertz CT molecular complexity index is 640. The summed E-state index contributed by atoms with van der Waals surface area (Å²) in [7, 11) is 0. The number of anilines is 1. The van der Waals surface area contributed by atoms with E-state index in [9.17, 15) is 13.9 Å². The van der Waals surface area contributed by atoms with Gasteiger partial charge in [0, 0.05) is 18.2 Å². The van der Waals surface area contributed by atoms with Gasteiger partial charge in [-0.2, -0.15) is 5.26 Å². The fraction of sp³-hybridized carbons (Fsp3) is 0.154. The van der Waals surface area contributed by atoms with Crippen molar-refractivity contribution in [1.29, 1.82) is 5.26 Å². The van der Waals surface area contributed by atoms with E-state index in [2.05, 4.69) is 15.3 Å². The highest BCUT2D eigenvalue weighted by molar-refractivity contribution is 5.31. The summed E-state index contributed by atoms with van der Waals surface area (Å²) in [6.45, 7) is -0.0472. The van der Waals surface area contributed by atoms with Gasteiger partial charge >= 0.3 is 0 Å². The Morgan fingerprint density at radius 1 is 1.30 bits per heavy atom. The average molecular weight is 276 g/mol. The van der Waals surface area contributed by atoms with Crippen LogP contribution in [0.5, 0.6) is 0 Å². The number of rotatable bonds is 4. The van der Waals surface area contributed by atoms with Crippen LogP contribution in [0.4, 0.5) is 14.7 Å². The van der Waals surface area contributed by atoms with E-state index in [1.807, 2.05) is 6.07 Å². The number of hydrogen-bond acceptors (Lipinski definition) is 5. The van der Waals surface area contributed by atoms with Crippen LogP contribution < -0.4 is 5.32 Å². The summed E-state index contributed by atoms with van der Waals surface area (Å²) in [6, 6.07) is 4.82. The molecule has 2 rings (SSSR count). The molecule has 5 nitrogen and oxygen atoms in total. The Morgan fingerprint density at radius 2 is 2.00 bits per heavy atom. The second-order valence-corrected chi connectivity index (χ2v) is 3.97. The van der Waals surface area contributed by atoms with Crippen LogP contribution in [-0.2, 0) is 0 Å². The highest BCUT2D eigenvalue weighted by Crippen LogP contribution is 2.18. The Morgan fingerprint density at radius 3 is 2.60 bits per heavy atom. The first-order valence-electron chi connectivity index (χ1n) is 5.69. The van der Waals surface area contributed by atoms with Crippen molar-refractivity contribution < 1.29 is 13.9 Å². The second-order valence-electron chi connectivity index (χ2n) is 3.97. The van der Waals surface area contributed by atoms with E-state index in [4.69, 9.17) is 5.26 Å². The van der Waals surface area contributed by atoms with Crippen LogP contribution in [0.25, 0.3) is 0 Å². The van der Waals surface area contributed by atoms with Crippen LogP contribution in [0.1, 0.15) is 17.2 Å². The summed E-state index contributed by atoms with van der Waals surface area (Å²) >= 11 is 0. The fourth-order valence-corrected chi connectivity index (χ4v) is 1.55. The molecule has 0 aliphatic heterocycles. The lowest BCUT2D eigenvalue weighted by atomic mass is 10.1. The first-order valence-corrected chi connectivity index (χ1v) is 5.69. The molecular formula is C13H10F2N4O. The minimum Gasteiger partial charge on any atom is -0.386 e. The lowest BCUT2D eigenvalue weighted by Gasteiger charge is -2.12. The lowest BCUT2D eigenvalue weighted by molar-refractivity contribution is 0.186. The van der Waals surface area contributed by atoms with Crippen LogP contribution in [0, 0.1) is 23.0 Å². The topological polar surface area (TPSA) is 81.8 Å². The minimum atomic E-state index is -1.17. The molecule has 0 saturated heterocycles. The second kappa shape index (κ2) is 6.04. The maximum absolute atomic E-state index is 13.4. The molecule has 2 N–H and O–H groups in total. The van der Waals surface area contributed by atoms with Gasteiger partial charge in [0.25, 0.3) is 0 Å². The number of halogens is 2. The van der Waals surface area contributed by atoms with Crippen molar-refractivity contribution in [3.63, 3.8) is 0 Å². The van der Waals surface area contributed by atoms with Gasteiger partial charge < -0.3 is 10.4 Å². The van der Waals surface area contributed by atoms with Crippen molar-refractivity contribution >= 4 is 5.95 Å². The Labute approximate surface area is 113 Å². The van der Waals surface area contributed by atoms with Crippen molar-refractivity contribution in [3.8, 4) is 6.07 Å². The predicted octanol–water partition coefficient (Wildman–Crippen LogP) is 1.77. The van der Waals surface area contributed by atoms with Crippen molar-refractivity contribution in [2.75, 3.05) is 11.9 Å². The number of benzene rings is 1. The quantitative estimate of drug-likeness (QED) is 0.889. The van der Waals surface area contributed by atoms with Gasteiger partial charge in [0.2, 0.25) is 5.95 Å². The largest absolute Gasteiger partial charge is 0.386 e. The van der Waals surface area contributed by atoms with E-state index in [1.54, 1.807) is 0 Å². The molecule has 1 heterocycles. The van der Waals surface area contributed by atoms with Crippen molar-refractivity contribution in [2.45, 2.75) is 6.10 Å². The van der Waals surface area contributed by atoms with Crippen molar-refractivity contribution in [3.05, 3.63) is 53.4 Å². The summed E-state index contributed by atoms with van der Waals surface area (Å²) in [5, 5.41) is 21.1. The van der Waals surface area contributed by atoms with Gasteiger partial charge in [-0.15, -0.1) is 0 Å². The highest BCUT2D eigenvalue weighted by Gasteiger charge is 2.13. The van der Waals surface area contributed by atoms with Gasteiger partial charge in [0.05, 0.1) is 24.1 Å². The molecule has 0 radical (unpaired) electrons. The number of nitrogens with zero attached hydrogens (tertiary/aromatic N) is 3. The third-order valence-corrected chi connectivity index (χ3v) is 2.56. The predicted molar refractivity (Wildman–Crippen MR) is 66.6 cm³/mol. The van der Waals surface area contributed by atoms with E-state index in [-0.39, 0.29) is 18.1 Å². The highest BCUT2D eigenvalue weighted by atomic mass is 19.1. The van der Waals surface area contributed by atoms with E-state index >= 15 is 0 Å². The molecule has 0 aliphatic carbocycles. The summed E-state index contributed by atoms with van der Waals surface area (Å²) in [5.41, 5.74) is 0.285. The summed E-state index contributed by atoms with van der Waals surface area (Å²) < 4.78 is 26.2. The van der Waals surface area contributed by atoms with Crippen molar-refractivity contribution in [2.24, 2.45) is 0 Å². The third-order valence-electron chi connectivity index (χ3n) is 2.56. The molecule has 1 atom stereocenters. The average Bonchev–Trinajstić information content (AvgIpc) is 2.45. The number of nitrogens with one attached hydrogen (secondary N) is 1. The monoisotopic (exact) mass is 276 g/mol. The normalized spacial score (nSPS) is 11.7. The zero-order valence-corrected chi connectivity index (χ0v) is 10.2. The van der Waals surface area contributed by atoms with E-state index < -0.39 is 17.7 Å². The number of aliphatic hydroxyl groups is 1. The summed E-state index contributed by atoms with van der Waals surface area (Å²) in [4.78, 5) is 7.68. The molecule has 1 aromatic heterocycles. The molecule has 2 aromatic rings. The minimum absolute atomic E-state index is 0.0208. The molecule has 0 amide bonds. The zero-order chi connectivity index (χ0) is 14.5. The maximum Gasteiger partial charge on any atom is 0.222 e. The van der Waals surface area contributed by atoms with E-state index in [0.29, 0.717) is 11.6 Å². The standard InChI is InChI=1S/C13H10F2N4O/c14-9-1-2-10(11(15)3-9)12(20)7-19-13-17-5-8(4-16)6-18-13/h1-3,5-6,12,20H,7H2,(H,17,18,19)/t12-/m0/s1. The van der Waals surface area contributed by atoms with E-state index in [0.717, 1.165) is 6.07 Å². The molecule has 0 bridgehead atoms. The molecular weight excluding hydrogens is 266 g/mol. The summed E-state index contributed by atoms with van der Waals surface area (Å²) in [5.74, 6) is -1.33. The summed E-state index contributed by atoms with van der Waals surface area (Å²) in [6.07, 6.45) is 1.47. The molecule has 0 unspecified atom stereocenters. The van der Waals surface area contributed by atoms with Gasteiger partial charge in [-0.25, -0.2) is 18.7 Å². The van der Waals surface area contributed by atoms with Gasteiger partial charge in [-0.3, -0.25) is 0 Å². The smallest absolute Gasteiger partial charge is 0.222 e. The van der Waals surface area contributed by atoms with Crippen LogP contribution in [0.15, 0.2) is 30.6 Å². The van der Waals surface area contributed by atoms with Crippen LogP contribution >= 0.6 is 0 Å². The van der Waals surface area contributed by atoms with Gasteiger partial charge in [-0.1, -0.05) is 6.07 Å². The molecule has 102 valence electrons. The Kier molecular flexibility index (Phi) is 4.17. The van der Waals surface area contributed by atoms with Crippen LogP contribution in [0.2, 0.25) is 0 Å². The molecule has 0 aliphatic rings. The molecule has 0 saturated carbocycles. The maximum atomic E-state index is 13.4. The molecule has 1 aromatic carbocycles. The number of hydrogen-bond donors (Lipinski definition) is 2. The van der Waals surface area contributed by atoms with E-state index in [1.165, 1.54) is 18.5 Å². The number of nitriles is 1. The molecule has 0 fully saturated rings. The SMILES string of the molecule is N#Cc1cnc(NC[C@H](O)c2ccc(F)cc2F)nc1. The first-order chi connectivity index (χ1) is 9.60. The Hall–Kier alpha value is -2.59. The number of aromatic nitrogens is 2. The van der Waals surface area contributed by atoms with Crippen molar-refractivity contribution in [1.82, 2.24) is 9.97 Å². The van der Waals surface area contributed by atoms with Gasteiger partial charge in [0.1, 0.15) is 17.7 Å². The Balaban J connectivity index is 2.01. The number of aliphatic hydroxyl groups excluding tert-OH is 1. The lowest BCUT2D eigenvalue weighted by Crippen LogP contribution is -2.15. The van der Waals surface area contributed by atoms with Gasteiger partial charge in [-0.05, 0) is 6.07 Å². The van der Waals surface area contributed by atoms with Crippen LogP contribution in [0.3, 0.4) is 0 Å². The molecule has 7 heteroatoms. The fourth-order valence-electron chi connectivity index (χ4n) is 1.55. The van der Waals surface area contributed by atoms with Gasteiger partial charge in [0.15, 0.2) is 0 Å². The van der Waals surface area contributed by atoms with Crippen LogP contribution in [-0.4, -0.2) is 21.6 Å². The third kappa shape index (κ3) is 3.24. The zero-order valence-electron chi connectivity index (χ0n) is 10.2.